The van der Waals surface area contributed by atoms with Gasteiger partial charge in [-0.2, -0.15) is 0 Å². The number of hydrogen-bond donors (Lipinski definition) is 2. The maximum absolute atomic E-state index is 13.6. The van der Waals surface area contributed by atoms with Crippen molar-refractivity contribution in [1.82, 2.24) is 4.57 Å². The smallest absolute Gasteiger partial charge is 0.311 e. The molecule has 146 valence electrons. The lowest BCUT2D eigenvalue weighted by Gasteiger charge is -2.20. The molecule has 28 heavy (non-hydrogen) atoms. The first-order valence-electron chi connectivity index (χ1n) is 9.13. The van der Waals surface area contributed by atoms with Gasteiger partial charge in [0.25, 0.3) is 5.91 Å². The highest BCUT2D eigenvalue weighted by molar-refractivity contribution is 6.05. The van der Waals surface area contributed by atoms with Crippen LogP contribution < -0.4 is 0 Å². The van der Waals surface area contributed by atoms with Crippen molar-refractivity contribution in [2.45, 2.75) is 33.1 Å². The molecule has 1 aromatic heterocycles. The fourth-order valence-electron chi connectivity index (χ4n) is 3.72. The van der Waals surface area contributed by atoms with Gasteiger partial charge in [-0.05, 0) is 54.8 Å². The predicted octanol–water partition coefficient (Wildman–Crippen LogP) is 4.70. The average molecular weight is 383 g/mol. The molecule has 2 N–H and O–H groups in total. The number of carboxylic acid groups (broad SMARTS) is 1. The number of carbonyl (C=O) groups is 2. The number of benzene rings is 2. The maximum atomic E-state index is 13.6. The number of aromatic nitrogens is 1. The summed E-state index contributed by atoms with van der Waals surface area (Å²) >= 11 is 0. The second-order valence-corrected chi connectivity index (χ2v) is 7.05. The van der Waals surface area contributed by atoms with Gasteiger partial charge in [-0.15, -0.1) is 0 Å². The minimum atomic E-state index is -0.988. The Morgan fingerprint density at radius 3 is 2.50 bits per heavy atom. The number of phenols is 1. The number of carbonyl (C=O) groups excluding carboxylic acids is 1. The van der Waals surface area contributed by atoms with E-state index >= 15 is 0 Å². The molecule has 0 aliphatic heterocycles. The molecule has 0 saturated heterocycles. The summed E-state index contributed by atoms with van der Waals surface area (Å²) < 4.78 is 15.0. The number of carboxylic acids is 1. The van der Waals surface area contributed by atoms with Crippen molar-refractivity contribution in [2.75, 3.05) is 0 Å². The SMILES string of the molecule is CCC(C)[C@H](C(=O)O)c1c(C)n(C(=O)c2cccc(F)c2)c2ccc(O)cc12. The van der Waals surface area contributed by atoms with Gasteiger partial charge in [0, 0.05) is 16.6 Å². The first kappa shape index (κ1) is 19.6. The van der Waals surface area contributed by atoms with Crippen LogP contribution >= 0.6 is 0 Å². The molecule has 0 fully saturated rings. The van der Waals surface area contributed by atoms with Crippen LogP contribution in [0.4, 0.5) is 4.39 Å². The van der Waals surface area contributed by atoms with E-state index in [1.807, 2.05) is 13.8 Å². The lowest BCUT2D eigenvalue weighted by atomic mass is 9.84. The van der Waals surface area contributed by atoms with Gasteiger partial charge in [-0.3, -0.25) is 14.2 Å². The zero-order valence-electron chi connectivity index (χ0n) is 15.9. The molecular formula is C22H22FNO4. The van der Waals surface area contributed by atoms with Crippen LogP contribution in [0.1, 0.15) is 47.8 Å². The molecule has 0 aliphatic carbocycles. The number of phenolic OH excluding ortho intramolecular Hbond substituents is 1. The molecule has 1 unspecified atom stereocenters. The van der Waals surface area contributed by atoms with Crippen LogP contribution in [0.5, 0.6) is 5.75 Å². The van der Waals surface area contributed by atoms with Gasteiger partial charge in [0.2, 0.25) is 0 Å². The second-order valence-electron chi connectivity index (χ2n) is 7.05. The predicted molar refractivity (Wildman–Crippen MR) is 104 cm³/mol. The zero-order valence-corrected chi connectivity index (χ0v) is 15.9. The summed E-state index contributed by atoms with van der Waals surface area (Å²) in [5.41, 5.74) is 1.62. The van der Waals surface area contributed by atoms with Crippen LogP contribution in [0.3, 0.4) is 0 Å². The molecule has 0 bridgehead atoms. The second kappa shape index (κ2) is 7.46. The van der Waals surface area contributed by atoms with E-state index in [1.165, 1.54) is 34.9 Å². The highest BCUT2D eigenvalue weighted by atomic mass is 19.1. The summed E-state index contributed by atoms with van der Waals surface area (Å²) in [6.45, 7) is 5.44. The Kier molecular flexibility index (Phi) is 5.23. The molecule has 6 heteroatoms. The first-order chi connectivity index (χ1) is 13.3. The fraction of sp³-hybridized carbons (Fsp3) is 0.273. The van der Waals surface area contributed by atoms with E-state index in [2.05, 4.69) is 0 Å². The Labute approximate surface area is 162 Å². The van der Waals surface area contributed by atoms with Gasteiger partial charge in [0.05, 0.1) is 11.4 Å². The third kappa shape index (κ3) is 3.26. The Bertz CT molecular complexity index is 1070. The van der Waals surface area contributed by atoms with E-state index in [9.17, 15) is 24.2 Å². The van der Waals surface area contributed by atoms with E-state index in [0.717, 1.165) is 6.07 Å². The van der Waals surface area contributed by atoms with Crippen LogP contribution in [0.25, 0.3) is 10.9 Å². The van der Waals surface area contributed by atoms with Crippen molar-refractivity contribution in [3.05, 3.63) is 65.1 Å². The lowest BCUT2D eigenvalue weighted by Crippen LogP contribution is -2.21. The molecule has 5 nitrogen and oxygen atoms in total. The number of aliphatic carboxylic acids is 1. The molecule has 3 aromatic rings. The normalized spacial score (nSPS) is 13.4. The third-order valence-electron chi connectivity index (χ3n) is 5.30. The van der Waals surface area contributed by atoms with E-state index in [1.54, 1.807) is 13.0 Å². The van der Waals surface area contributed by atoms with Crippen molar-refractivity contribution in [2.24, 2.45) is 5.92 Å². The van der Waals surface area contributed by atoms with Crippen molar-refractivity contribution < 1.29 is 24.2 Å². The Hall–Kier alpha value is -3.15. The van der Waals surface area contributed by atoms with Crippen molar-refractivity contribution >= 4 is 22.8 Å². The largest absolute Gasteiger partial charge is 0.508 e. The maximum Gasteiger partial charge on any atom is 0.311 e. The number of fused-ring (bicyclic) bond motifs is 1. The van der Waals surface area contributed by atoms with Crippen LogP contribution in [-0.4, -0.2) is 26.7 Å². The number of hydrogen-bond acceptors (Lipinski definition) is 3. The third-order valence-corrected chi connectivity index (χ3v) is 5.30. The molecule has 0 radical (unpaired) electrons. The van der Waals surface area contributed by atoms with Gasteiger partial charge in [0.15, 0.2) is 0 Å². The summed E-state index contributed by atoms with van der Waals surface area (Å²) in [5.74, 6) is -3.00. The minimum absolute atomic E-state index is 0.0163. The molecule has 0 saturated carbocycles. The van der Waals surface area contributed by atoms with Crippen LogP contribution in [0, 0.1) is 18.7 Å². The van der Waals surface area contributed by atoms with Gasteiger partial charge < -0.3 is 10.2 Å². The van der Waals surface area contributed by atoms with Gasteiger partial charge in [0.1, 0.15) is 11.6 Å². The van der Waals surface area contributed by atoms with Crippen molar-refractivity contribution in [3.63, 3.8) is 0 Å². The first-order valence-corrected chi connectivity index (χ1v) is 9.13. The summed E-state index contributed by atoms with van der Waals surface area (Å²) in [6.07, 6.45) is 0.639. The number of halogens is 1. The summed E-state index contributed by atoms with van der Waals surface area (Å²) in [7, 11) is 0. The molecular weight excluding hydrogens is 361 g/mol. The molecule has 1 heterocycles. The van der Waals surface area contributed by atoms with E-state index in [0.29, 0.717) is 28.6 Å². The number of rotatable bonds is 5. The van der Waals surface area contributed by atoms with Gasteiger partial charge >= 0.3 is 5.97 Å². The Morgan fingerprint density at radius 2 is 1.89 bits per heavy atom. The molecule has 3 rings (SSSR count). The summed E-state index contributed by atoms with van der Waals surface area (Å²) in [6, 6.07) is 9.87. The highest BCUT2D eigenvalue weighted by Gasteiger charge is 2.32. The molecule has 0 aliphatic rings. The van der Waals surface area contributed by atoms with E-state index < -0.39 is 23.6 Å². The average Bonchev–Trinajstić information content (AvgIpc) is 2.92. The van der Waals surface area contributed by atoms with Crippen molar-refractivity contribution in [3.8, 4) is 5.75 Å². The standard InChI is InChI=1S/C22H22FNO4/c1-4-12(2)19(22(27)28)20-13(3)24(18-9-8-16(25)11-17(18)20)21(26)14-6-5-7-15(23)10-14/h5-12,19,25H,4H2,1-3H3,(H,27,28)/t12?,19-/m0/s1. The molecule has 0 amide bonds. The molecule has 0 spiro atoms. The highest BCUT2D eigenvalue weighted by Crippen LogP contribution is 2.38. The van der Waals surface area contributed by atoms with Gasteiger partial charge in [-0.25, -0.2) is 4.39 Å². The lowest BCUT2D eigenvalue weighted by molar-refractivity contribution is -0.140. The van der Waals surface area contributed by atoms with Crippen LogP contribution in [0.2, 0.25) is 0 Å². The van der Waals surface area contributed by atoms with E-state index in [4.69, 9.17) is 0 Å². The summed E-state index contributed by atoms with van der Waals surface area (Å²) in [4.78, 5) is 25.2. The zero-order chi connectivity index (χ0) is 20.6. The minimum Gasteiger partial charge on any atom is -0.508 e. The Balaban J connectivity index is 2.32. The van der Waals surface area contributed by atoms with Crippen LogP contribution in [0.15, 0.2) is 42.5 Å². The topological polar surface area (TPSA) is 79.5 Å². The fourth-order valence-corrected chi connectivity index (χ4v) is 3.72. The van der Waals surface area contributed by atoms with Gasteiger partial charge in [-0.1, -0.05) is 26.3 Å². The number of nitrogens with zero attached hydrogens (tertiary/aromatic N) is 1. The molecule has 2 aromatic carbocycles. The summed E-state index contributed by atoms with van der Waals surface area (Å²) in [5, 5.41) is 20.4. The van der Waals surface area contributed by atoms with Crippen molar-refractivity contribution in [1.29, 1.82) is 0 Å². The van der Waals surface area contributed by atoms with Crippen LogP contribution in [-0.2, 0) is 4.79 Å². The van der Waals surface area contributed by atoms with E-state index in [-0.39, 0.29) is 17.2 Å². The molecule has 2 atom stereocenters. The quantitative estimate of drug-likeness (QED) is 0.669. The number of aromatic hydroxyl groups is 1. The Morgan fingerprint density at radius 1 is 1.18 bits per heavy atom. The monoisotopic (exact) mass is 383 g/mol.